The van der Waals surface area contributed by atoms with Gasteiger partial charge >= 0.3 is 23.9 Å². The number of hydrogen-bond donors (Lipinski definition) is 1. The van der Waals surface area contributed by atoms with Gasteiger partial charge in [0.15, 0.2) is 0 Å². The van der Waals surface area contributed by atoms with Crippen molar-refractivity contribution in [2.24, 2.45) is 0 Å². The molecule has 0 aliphatic carbocycles. The molecule has 1 amide bonds. The molecule has 1 rings (SSSR count). The zero-order chi connectivity index (χ0) is 45.0. The smallest absolute Gasteiger partial charge is 0.313 e. The minimum atomic E-state index is -2.40. The van der Waals surface area contributed by atoms with Gasteiger partial charge in [-0.05, 0) is 62.3 Å². The number of rotatable bonds is 26. The number of hydrogen-bond acceptors (Lipinski definition) is 14. The zero-order valence-corrected chi connectivity index (χ0v) is 35.2. The minimum Gasteiger partial charge on any atom is -0.460 e. The molecule has 59 heavy (non-hydrogen) atoms. The van der Waals surface area contributed by atoms with E-state index in [4.69, 9.17) is 37.9 Å². The number of esters is 4. The maximum Gasteiger partial charge on any atom is 0.313 e. The zero-order valence-electron chi connectivity index (χ0n) is 35.2. The lowest BCUT2D eigenvalue weighted by molar-refractivity contribution is -0.157. The van der Waals surface area contributed by atoms with Crippen molar-refractivity contribution in [3.63, 3.8) is 0 Å². The fourth-order valence-corrected chi connectivity index (χ4v) is 4.52. The van der Waals surface area contributed by atoms with Crippen LogP contribution in [0, 0.1) is 29.1 Å². The molecule has 0 radical (unpaired) electrons. The quantitative estimate of drug-likeness (QED) is 0.0244. The third kappa shape index (κ3) is 23.4. The highest BCUT2D eigenvalue weighted by Gasteiger charge is 2.35. The van der Waals surface area contributed by atoms with Crippen LogP contribution in [0.2, 0.25) is 0 Å². The molecular formula is C39H58F5NO14. The van der Waals surface area contributed by atoms with Crippen molar-refractivity contribution in [2.45, 2.75) is 117 Å². The standard InChI is InChI=1S/C39H58F5NO14/c1-36(2,3)57-27(48)12-17-53-22-39(23-54-18-13-28(49)58-37(4,5)6,24-55-19-14-29(50)59-38(7,8)9)45-25(46)10-15-51-20-21-52-16-11-26(47)56-35-33(43)31(41)30(40)32(42)34(35)44/h10-24H2,1-9H3,(H,45,46). The Morgan fingerprint density at radius 1 is 0.424 bits per heavy atom. The molecule has 0 saturated carbocycles. The average Bonchev–Trinajstić information content (AvgIpc) is 3.09. The Hall–Kier alpha value is -3.98. The first-order chi connectivity index (χ1) is 27.2. The summed E-state index contributed by atoms with van der Waals surface area (Å²) in [5.41, 5.74) is -3.56. The molecule has 0 aliphatic rings. The number of benzene rings is 1. The van der Waals surface area contributed by atoms with E-state index < -0.39 is 93.4 Å². The normalized spacial score (nSPS) is 12.2. The van der Waals surface area contributed by atoms with Crippen molar-refractivity contribution < 1.29 is 88.6 Å². The van der Waals surface area contributed by atoms with Crippen LogP contribution in [0.25, 0.3) is 0 Å². The molecular weight excluding hydrogens is 801 g/mol. The highest BCUT2D eigenvalue weighted by molar-refractivity contribution is 5.77. The van der Waals surface area contributed by atoms with E-state index in [-0.39, 0.29) is 91.8 Å². The largest absolute Gasteiger partial charge is 0.460 e. The predicted octanol–water partition coefficient (Wildman–Crippen LogP) is 5.20. The van der Waals surface area contributed by atoms with Gasteiger partial charge in [0.2, 0.25) is 40.7 Å². The van der Waals surface area contributed by atoms with E-state index in [1.807, 2.05) is 0 Å². The molecule has 338 valence electrons. The van der Waals surface area contributed by atoms with Crippen LogP contribution in [0.15, 0.2) is 0 Å². The van der Waals surface area contributed by atoms with Crippen LogP contribution < -0.4 is 10.1 Å². The third-order valence-corrected chi connectivity index (χ3v) is 6.83. The van der Waals surface area contributed by atoms with Gasteiger partial charge in [-0.2, -0.15) is 8.78 Å². The first kappa shape index (κ1) is 53.0. The van der Waals surface area contributed by atoms with Crippen molar-refractivity contribution in [1.29, 1.82) is 0 Å². The molecule has 0 aromatic heterocycles. The van der Waals surface area contributed by atoms with Crippen LogP contribution in [0.4, 0.5) is 22.0 Å². The highest BCUT2D eigenvalue weighted by atomic mass is 19.2. The first-order valence-electron chi connectivity index (χ1n) is 18.8. The van der Waals surface area contributed by atoms with Gasteiger partial charge in [0.05, 0.1) is 91.8 Å². The monoisotopic (exact) mass is 859 g/mol. The first-order valence-corrected chi connectivity index (χ1v) is 18.8. The molecule has 20 heteroatoms. The van der Waals surface area contributed by atoms with Crippen LogP contribution >= 0.6 is 0 Å². The summed E-state index contributed by atoms with van der Waals surface area (Å²) < 4.78 is 116. The Labute approximate surface area is 341 Å². The maximum atomic E-state index is 13.8. The summed E-state index contributed by atoms with van der Waals surface area (Å²) in [6.45, 7) is 13.7. The molecule has 0 fully saturated rings. The van der Waals surface area contributed by atoms with E-state index in [0.29, 0.717) is 0 Å². The molecule has 0 aliphatic heterocycles. The van der Waals surface area contributed by atoms with E-state index in [0.717, 1.165) is 0 Å². The highest BCUT2D eigenvalue weighted by Crippen LogP contribution is 2.29. The van der Waals surface area contributed by atoms with E-state index in [9.17, 15) is 45.9 Å². The van der Waals surface area contributed by atoms with Gasteiger partial charge in [0.1, 0.15) is 22.3 Å². The van der Waals surface area contributed by atoms with Crippen molar-refractivity contribution in [3.05, 3.63) is 29.1 Å². The van der Waals surface area contributed by atoms with Gasteiger partial charge in [-0.25, -0.2) is 13.2 Å². The SMILES string of the molecule is CC(C)(C)OC(=O)CCOCC(COCCC(=O)OC(C)(C)C)(COCCC(=O)OC(C)(C)C)NC(=O)CCOCCOCCC(=O)Oc1c(F)c(F)c(F)c(F)c1F. The molecule has 0 saturated heterocycles. The third-order valence-electron chi connectivity index (χ3n) is 6.83. The summed E-state index contributed by atoms with van der Waals surface area (Å²) in [4.78, 5) is 62.0. The number of carbonyl (C=O) groups is 5. The summed E-state index contributed by atoms with van der Waals surface area (Å²) in [5, 5.41) is 2.82. The van der Waals surface area contributed by atoms with Crippen LogP contribution in [0.5, 0.6) is 5.75 Å². The molecule has 15 nitrogen and oxygen atoms in total. The number of carbonyl (C=O) groups excluding carboxylic acids is 5. The van der Waals surface area contributed by atoms with Gasteiger partial charge in [-0.15, -0.1) is 0 Å². The van der Waals surface area contributed by atoms with Gasteiger partial charge in [0.25, 0.3) is 0 Å². The van der Waals surface area contributed by atoms with Crippen LogP contribution in [0.3, 0.4) is 0 Å². The number of ether oxygens (including phenoxy) is 9. The summed E-state index contributed by atoms with van der Waals surface area (Å²) >= 11 is 0. The summed E-state index contributed by atoms with van der Waals surface area (Å²) in [6.07, 6.45) is -1.14. The lowest BCUT2D eigenvalue weighted by atomic mass is 10.0. The number of amides is 1. The van der Waals surface area contributed by atoms with E-state index in [2.05, 4.69) is 10.1 Å². The van der Waals surface area contributed by atoms with Gasteiger partial charge < -0.3 is 47.9 Å². The fourth-order valence-electron chi connectivity index (χ4n) is 4.52. The van der Waals surface area contributed by atoms with E-state index >= 15 is 0 Å². The summed E-state index contributed by atoms with van der Waals surface area (Å²) in [7, 11) is 0. The maximum absolute atomic E-state index is 13.8. The molecule has 1 aromatic carbocycles. The average molecular weight is 860 g/mol. The van der Waals surface area contributed by atoms with Gasteiger partial charge in [-0.3, -0.25) is 24.0 Å². The van der Waals surface area contributed by atoms with Crippen molar-refractivity contribution in [2.75, 3.05) is 66.1 Å². The Morgan fingerprint density at radius 2 is 0.729 bits per heavy atom. The van der Waals surface area contributed by atoms with Gasteiger partial charge in [-0.1, -0.05) is 0 Å². The molecule has 0 unspecified atom stereocenters. The van der Waals surface area contributed by atoms with E-state index in [1.165, 1.54) is 0 Å². The minimum absolute atomic E-state index is 0.0829. The van der Waals surface area contributed by atoms with Crippen LogP contribution in [-0.4, -0.2) is 118 Å². The van der Waals surface area contributed by atoms with Crippen molar-refractivity contribution in [1.82, 2.24) is 5.32 Å². The Kier molecular flexibility index (Phi) is 22.4. The molecule has 1 aromatic rings. The molecule has 1 N–H and O–H groups in total. The summed E-state index contributed by atoms with van der Waals surface area (Å²) in [6, 6.07) is 0. The fraction of sp³-hybridized carbons (Fsp3) is 0.718. The van der Waals surface area contributed by atoms with Crippen molar-refractivity contribution in [3.8, 4) is 5.75 Å². The van der Waals surface area contributed by atoms with Crippen molar-refractivity contribution >= 4 is 29.8 Å². The summed E-state index contributed by atoms with van der Waals surface area (Å²) in [5.74, 6) is -16.7. The number of nitrogens with one attached hydrogen (secondary N) is 1. The second-order valence-electron chi connectivity index (χ2n) is 16.1. The van der Waals surface area contributed by atoms with E-state index in [1.54, 1.807) is 62.3 Å². The van der Waals surface area contributed by atoms with Crippen LogP contribution in [0.1, 0.15) is 94.4 Å². The second kappa shape index (κ2) is 24.9. The Morgan fingerprint density at radius 3 is 1.08 bits per heavy atom. The Bertz CT molecular complexity index is 1420. The molecule has 0 spiro atoms. The number of halogens is 5. The molecule has 0 bridgehead atoms. The van der Waals surface area contributed by atoms with Gasteiger partial charge in [0, 0.05) is 6.42 Å². The topological polar surface area (TPSA) is 180 Å². The lowest BCUT2D eigenvalue weighted by Gasteiger charge is -2.34. The lowest BCUT2D eigenvalue weighted by Crippen LogP contribution is -2.59. The predicted molar refractivity (Wildman–Crippen MR) is 197 cm³/mol. The second-order valence-corrected chi connectivity index (χ2v) is 16.1. The molecule has 0 heterocycles. The van der Waals surface area contributed by atoms with Crippen LogP contribution in [-0.2, 0) is 61.9 Å². The molecule has 0 atom stereocenters. The Balaban J connectivity index is 2.85.